The molecular formula is C21H33N5. The van der Waals surface area contributed by atoms with Crippen molar-refractivity contribution in [3.05, 3.63) is 47.3 Å². The molecule has 0 bridgehead atoms. The normalized spacial score (nSPS) is 19.1. The Balaban J connectivity index is 1.48. The number of hydrogen-bond donors (Lipinski definition) is 3. The van der Waals surface area contributed by atoms with Crippen molar-refractivity contribution in [1.29, 1.82) is 0 Å². The van der Waals surface area contributed by atoms with Crippen LogP contribution in [0.15, 0.2) is 24.5 Å². The smallest absolute Gasteiger partial charge is 0.111 e. The van der Waals surface area contributed by atoms with Crippen LogP contribution >= 0.6 is 0 Å². The molecule has 4 N–H and O–H groups in total. The van der Waals surface area contributed by atoms with Gasteiger partial charge in [-0.1, -0.05) is 19.4 Å². The van der Waals surface area contributed by atoms with Gasteiger partial charge in [0.1, 0.15) is 5.82 Å². The lowest BCUT2D eigenvalue weighted by Crippen LogP contribution is -2.32. The minimum absolute atomic E-state index is 0.152. The largest absolute Gasteiger partial charge is 0.348 e. The van der Waals surface area contributed by atoms with E-state index in [0.717, 1.165) is 50.2 Å². The third kappa shape index (κ3) is 4.71. The summed E-state index contributed by atoms with van der Waals surface area (Å²) in [6.07, 6.45) is 11.8. The van der Waals surface area contributed by atoms with Gasteiger partial charge in [-0.25, -0.2) is 4.98 Å². The van der Waals surface area contributed by atoms with Crippen molar-refractivity contribution in [2.45, 2.75) is 76.8 Å². The van der Waals surface area contributed by atoms with E-state index in [9.17, 15) is 0 Å². The summed E-state index contributed by atoms with van der Waals surface area (Å²) in [5.74, 6) is 1.38. The standard InChI is InChI=1S/C21H33N5/c1-3-7-17(21-25-14-15(2)26-21)18(22)10-6-12-23-19-11-4-8-16-9-5-13-24-20(16)19/h5,9,13-14,17-19,23H,3-4,6-8,10-12,22H2,1-2H3,(H,25,26). The van der Waals surface area contributed by atoms with Crippen LogP contribution < -0.4 is 11.1 Å². The second-order valence-electron chi connectivity index (χ2n) is 7.58. The number of imidazole rings is 1. The van der Waals surface area contributed by atoms with E-state index in [1.807, 2.05) is 25.4 Å². The maximum atomic E-state index is 6.54. The average molecular weight is 356 g/mol. The van der Waals surface area contributed by atoms with Gasteiger partial charge in [0.2, 0.25) is 0 Å². The molecule has 2 aromatic rings. The maximum absolute atomic E-state index is 6.54. The van der Waals surface area contributed by atoms with E-state index in [1.165, 1.54) is 24.1 Å². The number of nitrogens with one attached hydrogen (secondary N) is 2. The second-order valence-corrected chi connectivity index (χ2v) is 7.58. The third-order valence-corrected chi connectivity index (χ3v) is 5.49. The highest BCUT2D eigenvalue weighted by atomic mass is 14.9. The van der Waals surface area contributed by atoms with Crippen LogP contribution in [0.3, 0.4) is 0 Å². The molecule has 1 aliphatic carbocycles. The summed E-state index contributed by atoms with van der Waals surface area (Å²) in [6, 6.07) is 4.81. The van der Waals surface area contributed by atoms with Gasteiger partial charge in [0.25, 0.3) is 0 Å². The van der Waals surface area contributed by atoms with Crippen molar-refractivity contribution in [1.82, 2.24) is 20.3 Å². The van der Waals surface area contributed by atoms with E-state index in [0.29, 0.717) is 12.0 Å². The predicted molar refractivity (Wildman–Crippen MR) is 106 cm³/mol. The number of hydrogen-bond acceptors (Lipinski definition) is 4. The summed E-state index contributed by atoms with van der Waals surface area (Å²) < 4.78 is 0. The number of aromatic amines is 1. The van der Waals surface area contributed by atoms with Gasteiger partial charge in [-0.05, 0) is 63.6 Å². The zero-order chi connectivity index (χ0) is 18.4. The fraction of sp³-hybridized carbons (Fsp3) is 0.619. The number of aromatic nitrogens is 3. The van der Waals surface area contributed by atoms with Crippen molar-refractivity contribution < 1.29 is 0 Å². The molecule has 2 heterocycles. The highest BCUT2D eigenvalue weighted by Gasteiger charge is 2.23. The van der Waals surface area contributed by atoms with Crippen LogP contribution in [0.25, 0.3) is 0 Å². The molecule has 0 fully saturated rings. The first-order chi connectivity index (χ1) is 12.7. The Morgan fingerprint density at radius 2 is 2.27 bits per heavy atom. The third-order valence-electron chi connectivity index (χ3n) is 5.49. The van der Waals surface area contributed by atoms with E-state index in [2.05, 4.69) is 33.3 Å². The van der Waals surface area contributed by atoms with Gasteiger partial charge in [-0.2, -0.15) is 0 Å². The topological polar surface area (TPSA) is 79.6 Å². The summed E-state index contributed by atoms with van der Waals surface area (Å²) in [5, 5.41) is 3.71. The number of fused-ring (bicyclic) bond motifs is 1. The van der Waals surface area contributed by atoms with Gasteiger partial charge in [0.15, 0.2) is 0 Å². The fourth-order valence-electron chi connectivity index (χ4n) is 4.11. The Morgan fingerprint density at radius 3 is 3.04 bits per heavy atom. The van der Waals surface area contributed by atoms with Crippen LogP contribution in [0.1, 0.15) is 80.2 Å². The molecule has 0 radical (unpaired) electrons. The summed E-state index contributed by atoms with van der Waals surface area (Å²) >= 11 is 0. The number of H-pyrrole nitrogens is 1. The van der Waals surface area contributed by atoms with Gasteiger partial charge in [-0.3, -0.25) is 4.98 Å². The van der Waals surface area contributed by atoms with E-state index >= 15 is 0 Å². The summed E-state index contributed by atoms with van der Waals surface area (Å²) in [5.41, 5.74) is 10.2. The Bertz CT molecular complexity index is 681. The van der Waals surface area contributed by atoms with Crippen molar-refractivity contribution in [3.8, 4) is 0 Å². The van der Waals surface area contributed by atoms with Crippen molar-refractivity contribution >= 4 is 0 Å². The Hall–Kier alpha value is -1.72. The van der Waals surface area contributed by atoms with Crippen molar-refractivity contribution in [2.24, 2.45) is 5.73 Å². The zero-order valence-corrected chi connectivity index (χ0v) is 16.2. The highest BCUT2D eigenvalue weighted by molar-refractivity contribution is 5.25. The first-order valence-electron chi connectivity index (χ1n) is 10.1. The Kier molecular flexibility index (Phi) is 6.80. The van der Waals surface area contributed by atoms with Crippen LogP contribution in [0, 0.1) is 6.92 Å². The molecule has 2 aromatic heterocycles. The first-order valence-corrected chi connectivity index (χ1v) is 10.1. The number of rotatable bonds is 9. The molecular weight excluding hydrogens is 322 g/mol. The van der Waals surface area contributed by atoms with E-state index in [4.69, 9.17) is 5.73 Å². The van der Waals surface area contributed by atoms with Crippen molar-refractivity contribution in [2.75, 3.05) is 6.54 Å². The number of aryl methyl sites for hydroxylation is 2. The SMILES string of the molecule is CCCC(c1nc(C)c[nH]1)C(N)CCCNC1CCCc2cccnc21. The van der Waals surface area contributed by atoms with Gasteiger partial charge < -0.3 is 16.0 Å². The molecule has 0 saturated carbocycles. The number of pyridine rings is 1. The molecule has 0 amide bonds. The molecule has 3 rings (SSSR count). The molecule has 3 atom stereocenters. The highest BCUT2D eigenvalue weighted by Crippen LogP contribution is 2.28. The summed E-state index contributed by atoms with van der Waals surface area (Å²) in [6.45, 7) is 5.23. The molecule has 1 aliphatic rings. The Labute approximate surface area is 157 Å². The molecule has 0 saturated heterocycles. The maximum Gasteiger partial charge on any atom is 0.111 e. The molecule has 0 aromatic carbocycles. The molecule has 5 nitrogen and oxygen atoms in total. The van der Waals surface area contributed by atoms with Gasteiger partial charge in [0.05, 0.1) is 11.4 Å². The van der Waals surface area contributed by atoms with E-state index < -0.39 is 0 Å². The van der Waals surface area contributed by atoms with Crippen LogP contribution in [0.5, 0.6) is 0 Å². The van der Waals surface area contributed by atoms with Crippen LogP contribution in [-0.4, -0.2) is 27.5 Å². The van der Waals surface area contributed by atoms with Crippen LogP contribution in [0.2, 0.25) is 0 Å². The molecule has 26 heavy (non-hydrogen) atoms. The summed E-state index contributed by atoms with van der Waals surface area (Å²) in [7, 11) is 0. The van der Waals surface area contributed by atoms with Gasteiger partial charge in [-0.15, -0.1) is 0 Å². The number of nitrogens with two attached hydrogens (primary N) is 1. The fourth-order valence-corrected chi connectivity index (χ4v) is 4.11. The lowest BCUT2D eigenvalue weighted by molar-refractivity contribution is 0.409. The van der Waals surface area contributed by atoms with Gasteiger partial charge in [0, 0.05) is 30.4 Å². The lowest BCUT2D eigenvalue weighted by Gasteiger charge is -2.26. The predicted octanol–water partition coefficient (Wildman–Crippen LogP) is 3.77. The number of nitrogens with zero attached hydrogens (tertiary/aromatic N) is 2. The second kappa shape index (κ2) is 9.28. The van der Waals surface area contributed by atoms with Crippen LogP contribution in [0.4, 0.5) is 0 Å². The molecule has 5 heteroatoms. The Morgan fingerprint density at radius 1 is 1.38 bits per heavy atom. The summed E-state index contributed by atoms with van der Waals surface area (Å²) in [4.78, 5) is 12.5. The monoisotopic (exact) mass is 355 g/mol. The first kappa shape index (κ1) is 19.1. The quantitative estimate of drug-likeness (QED) is 0.598. The molecule has 0 aliphatic heterocycles. The van der Waals surface area contributed by atoms with Crippen LogP contribution in [-0.2, 0) is 6.42 Å². The molecule has 0 spiro atoms. The lowest BCUT2D eigenvalue weighted by atomic mass is 9.90. The van der Waals surface area contributed by atoms with E-state index in [-0.39, 0.29) is 6.04 Å². The van der Waals surface area contributed by atoms with E-state index in [1.54, 1.807) is 0 Å². The average Bonchev–Trinajstić information content (AvgIpc) is 3.09. The molecule has 3 unspecified atom stereocenters. The van der Waals surface area contributed by atoms with Crippen molar-refractivity contribution in [3.63, 3.8) is 0 Å². The molecule has 142 valence electrons. The minimum atomic E-state index is 0.152. The minimum Gasteiger partial charge on any atom is -0.348 e. The zero-order valence-electron chi connectivity index (χ0n) is 16.2. The van der Waals surface area contributed by atoms with Gasteiger partial charge >= 0.3 is 0 Å².